The third-order valence-corrected chi connectivity index (χ3v) is 3.07. The van der Waals surface area contributed by atoms with Gasteiger partial charge >= 0.3 is 0 Å². The highest BCUT2D eigenvalue weighted by Gasteiger charge is 2.04. The van der Waals surface area contributed by atoms with Gasteiger partial charge in [0.2, 0.25) is 0 Å². The summed E-state index contributed by atoms with van der Waals surface area (Å²) in [5, 5.41) is 9.47. The van der Waals surface area contributed by atoms with Crippen molar-refractivity contribution in [1.82, 2.24) is 0 Å². The molecule has 2 aromatic carbocycles. The lowest BCUT2D eigenvalue weighted by Gasteiger charge is -2.07. The summed E-state index contributed by atoms with van der Waals surface area (Å²) in [6, 6.07) is 18.5. The highest BCUT2D eigenvalue weighted by atomic mass is 35.5. The van der Waals surface area contributed by atoms with Gasteiger partial charge in [-0.1, -0.05) is 54.6 Å². The molecule has 0 aliphatic rings. The molecule has 2 aromatic rings. The van der Waals surface area contributed by atoms with Crippen molar-refractivity contribution in [2.75, 3.05) is 5.88 Å². The van der Waals surface area contributed by atoms with Gasteiger partial charge in [0.1, 0.15) is 0 Å². The van der Waals surface area contributed by atoms with Gasteiger partial charge in [-0.25, -0.2) is 0 Å². The highest BCUT2D eigenvalue weighted by molar-refractivity contribution is 6.18. The molecule has 0 saturated heterocycles. The van der Waals surface area contributed by atoms with Crippen LogP contribution in [0, 0.1) is 0 Å². The van der Waals surface area contributed by atoms with E-state index in [1.807, 2.05) is 30.3 Å². The van der Waals surface area contributed by atoms with Crippen LogP contribution in [0.5, 0.6) is 0 Å². The molecule has 2 rings (SSSR count). The second-order valence-electron chi connectivity index (χ2n) is 4.08. The van der Waals surface area contributed by atoms with Crippen LogP contribution in [0.1, 0.15) is 5.56 Å². The number of aliphatic hydroxyl groups excluding tert-OH is 1. The molecule has 1 atom stereocenters. The summed E-state index contributed by atoms with van der Waals surface area (Å²) in [6.07, 6.45) is 0.151. The molecule has 0 radical (unpaired) electrons. The van der Waals surface area contributed by atoms with Crippen molar-refractivity contribution in [2.45, 2.75) is 12.5 Å². The predicted molar refractivity (Wildman–Crippen MR) is 72.3 cm³/mol. The van der Waals surface area contributed by atoms with Crippen LogP contribution in [-0.2, 0) is 6.42 Å². The van der Waals surface area contributed by atoms with Gasteiger partial charge in [-0.05, 0) is 23.1 Å². The first-order valence-electron chi connectivity index (χ1n) is 5.68. The quantitative estimate of drug-likeness (QED) is 0.819. The molecule has 0 aromatic heterocycles. The van der Waals surface area contributed by atoms with E-state index in [1.54, 1.807) is 0 Å². The van der Waals surface area contributed by atoms with Crippen molar-refractivity contribution < 1.29 is 5.11 Å². The molecule has 0 amide bonds. The molecule has 2 heteroatoms. The van der Waals surface area contributed by atoms with Crippen molar-refractivity contribution in [3.63, 3.8) is 0 Å². The van der Waals surface area contributed by atoms with Crippen LogP contribution in [-0.4, -0.2) is 17.1 Å². The zero-order valence-corrected chi connectivity index (χ0v) is 10.3. The second kappa shape index (κ2) is 5.85. The Labute approximate surface area is 107 Å². The Hall–Kier alpha value is -1.31. The number of hydrogen-bond acceptors (Lipinski definition) is 1. The molecule has 0 saturated carbocycles. The normalized spacial score (nSPS) is 12.4. The SMILES string of the molecule is O[C@@H](CCl)Cc1ccc(-c2ccccc2)cc1. The van der Waals surface area contributed by atoms with Gasteiger partial charge in [-0.3, -0.25) is 0 Å². The lowest BCUT2D eigenvalue weighted by atomic mass is 10.0. The number of aliphatic hydroxyl groups is 1. The van der Waals surface area contributed by atoms with Crippen LogP contribution in [0.3, 0.4) is 0 Å². The lowest BCUT2D eigenvalue weighted by Crippen LogP contribution is -2.11. The molecular formula is C15H15ClO. The van der Waals surface area contributed by atoms with Crippen molar-refractivity contribution in [2.24, 2.45) is 0 Å². The summed E-state index contributed by atoms with van der Waals surface area (Å²) < 4.78 is 0. The Morgan fingerprint density at radius 1 is 0.882 bits per heavy atom. The van der Waals surface area contributed by atoms with Gasteiger partial charge in [-0.15, -0.1) is 11.6 Å². The minimum absolute atomic E-state index is 0.278. The van der Waals surface area contributed by atoms with Gasteiger partial charge in [0, 0.05) is 5.88 Å². The summed E-state index contributed by atoms with van der Waals surface area (Å²) in [5.74, 6) is 0.278. The highest BCUT2D eigenvalue weighted by Crippen LogP contribution is 2.19. The van der Waals surface area contributed by atoms with Crippen LogP contribution in [0.4, 0.5) is 0 Å². The molecule has 0 aliphatic heterocycles. The van der Waals surface area contributed by atoms with Crippen LogP contribution < -0.4 is 0 Å². The zero-order chi connectivity index (χ0) is 12.1. The minimum atomic E-state index is -0.459. The van der Waals surface area contributed by atoms with Crippen LogP contribution in [0.25, 0.3) is 11.1 Å². The van der Waals surface area contributed by atoms with E-state index >= 15 is 0 Å². The molecule has 0 heterocycles. The molecule has 0 spiro atoms. The number of benzene rings is 2. The summed E-state index contributed by atoms with van der Waals surface area (Å²) in [5.41, 5.74) is 3.50. The van der Waals surface area contributed by atoms with Gasteiger partial charge in [0.25, 0.3) is 0 Å². The van der Waals surface area contributed by atoms with Crippen molar-refractivity contribution in [1.29, 1.82) is 0 Å². The Morgan fingerprint density at radius 2 is 1.47 bits per heavy atom. The van der Waals surface area contributed by atoms with Gasteiger partial charge < -0.3 is 5.11 Å². The van der Waals surface area contributed by atoms with E-state index in [0.29, 0.717) is 6.42 Å². The fourth-order valence-electron chi connectivity index (χ4n) is 1.79. The zero-order valence-electron chi connectivity index (χ0n) is 9.51. The van der Waals surface area contributed by atoms with E-state index < -0.39 is 6.10 Å². The average Bonchev–Trinajstić information content (AvgIpc) is 2.40. The molecule has 1 N–H and O–H groups in total. The van der Waals surface area contributed by atoms with Crippen molar-refractivity contribution in [3.05, 3.63) is 60.2 Å². The van der Waals surface area contributed by atoms with Gasteiger partial charge in [-0.2, -0.15) is 0 Å². The maximum atomic E-state index is 9.47. The maximum Gasteiger partial charge on any atom is 0.0715 e. The van der Waals surface area contributed by atoms with E-state index in [2.05, 4.69) is 24.3 Å². The predicted octanol–water partition coefficient (Wildman–Crippen LogP) is 3.50. The monoisotopic (exact) mass is 246 g/mol. The third-order valence-electron chi connectivity index (χ3n) is 2.71. The van der Waals surface area contributed by atoms with E-state index in [0.717, 1.165) is 5.56 Å². The number of alkyl halides is 1. The molecule has 0 fully saturated rings. The first kappa shape index (κ1) is 12.2. The molecule has 0 unspecified atom stereocenters. The Kier molecular flexibility index (Phi) is 4.18. The standard InChI is InChI=1S/C15H15ClO/c16-11-15(17)10-12-6-8-14(9-7-12)13-4-2-1-3-5-13/h1-9,15,17H,10-11H2/t15-/m1/s1. The van der Waals surface area contributed by atoms with Gasteiger partial charge in [0.15, 0.2) is 0 Å². The molecule has 0 bridgehead atoms. The molecule has 17 heavy (non-hydrogen) atoms. The van der Waals surface area contributed by atoms with Crippen LogP contribution in [0.2, 0.25) is 0 Å². The van der Waals surface area contributed by atoms with Crippen LogP contribution in [0.15, 0.2) is 54.6 Å². The number of rotatable bonds is 4. The smallest absolute Gasteiger partial charge is 0.0715 e. The van der Waals surface area contributed by atoms with E-state index in [9.17, 15) is 5.11 Å². The Bertz CT molecular complexity index is 450. The molecule has 88 valence electrons. The fraction of sp³-hybridized carbons (Fsp3) is 0.200. The van der Waals surface area contributed by atoms with E-state index in [1.165, 1.54) is 11.1 Å². The molecular weight excluding hydrogens is 232 g/mol. The average molecular weight is 247 g/mol. The lowest BCUT2D eigenvalue weighted by molar-refractivity contribution is 0.199. The van der Waals surface area contributed by atoms with Crippen molar-refractivity contribution >= 4 is 11.6 Å². The fourth-order valence-corrected chi connectivity index (χ4v) is 1.90. The van der Waals surface area contributed by atoms with E-state index in [4.69, 9.17) is 11.6 Å². The topological polar surface area (TPSA) is 20.2 Å². The largest absolute Gasteiger partial charge is 0.392 e. The summed E-state index contributed by atoms with van der Waals surface area (Å²) in [4.78, 5) is 0. The van der Waals surface area contributed by atoms with E-state index in [-0.39, 0.29) is 5.88 Å². The molecule has 0 aliphatic carbocycles. The second-order valence-corrected chi connectivity index (χ2v) is 4.38. The van der Waals surface area contributed by atoms with Crippen LogP contribution >= 0.6 is 11.6 Å². The number of hydrogen-bond donors (Lipinski definition) is 1. The summed E-state index contributed by atoms with van der Waals surface area (Å²) in [7, 11) is 0. The molecule has 1 nitrogen and oxygen atoms in total. The maximum absolute atomic E-state index is 9.47. The van der Waals surface area contributed by atoms with Crippen molar-refractivity contribution in [3.8, 4) is 11.1 Å². The Balaban J connectivity index is 2.13. The summed E-state index contributed by atoms with van der Waals surface area (Å²) >= 11 is 5.58. The first-order valence-corrected chi connectivity index (χ1v) is 6.21. The Morgan fingerprint density at radius 3 is 2.06 bits per heavy atom. The van der Waals surface area contributed by atoms with Gasteiger partial charge in [0.05, 0.1) is 6.10 Å². The third kappa shape index (κ3) is 3.32. The first-order chi connectivity index (χ1) is 8.29. The number of halogens is 1. The summed E-state index contributed by atoms with van der Waals surface area (Å²) in [6.45, 7) is 0. The minimum Gasteiger partial charge on any atom is -0.392 e.